The summed E-state index contributed by atoms with van der Waals surface area (Å²) in [6.45, 7) is 0. The highest BCUT2D eigenvalue weighted by Gasteiger charge is 2.33. The number of amides is 1. The Balaban J connectivity index is 1.85. The molecule has 1 aliphatic carbocycles. The maximum Gasteiger partial charge on any atom is 0.475 e. The van der Waals surface area contributed by atoms with Crippen molar-refractivity contribution in [3.05, 3.63) is 35.9 Å². The van der Waals surface area contributed by atoms with Crippen molar-refractivity contribution in [2.75, 3.05) is 0 Å². The summed E-state index contributed by atoms with van der Waals surface area (Å²) < 4.78 is 0. The third-order valence-corrected chi connectivity index (χ3v) is 3.61. The van der Waals surface area contributed by atoms with Crippen molar-refractivity contribution in [2.24, 2.45) is 11.7 Å². The van der Waals surface area contributed by atoms with Crippen molar-refractivity contribution in [3.8, 4) is 0 Å². The zero-order chi connectivity index (χ0) is 14.5. The van der Waals surface area contributed by atoms with Crippen molar-refractivity contribution < 1.29 is 14.8 Å². The summed E-state index contributed by atoms with van der Waals surface area (Å²) in [5.41, 5.74) is 6.85. The highest BCUT2D eigenvalue weighted by atomic mass is 16.4. The van der Waals surface area contributed by atoms with Crippen LogP contribution in [0, 0.1) is 5.92 Å². The van der Waals surface area contributed by atoms with Crippen LogP contribution in [0.25, 0.3) is 0 Å². The van der Waals surface area contributed by atoms with E-state index in [1.807, 2.05) is 30.3 Å². The fourth-order valence-corrected chi connectivity index (χ4v) is 2.22. The van der Waals surface area contributed by atoms with Gasteiger partial charge in [-0.1, -0.05) is 43.2 Å². The zero-order valence-corrected chi connectivity index (χ0v) is 11.4. The topological polar surface area (TPSA) is 95.6 Å². The first-order valence-electron chi connectivity index (χ1n) is 7.02. The predicted octanol–water partition coefficient (Wildman–Crippen LogP) is -0.147. The summed E-state index contributed by atoms with van der Waals surface area (Å²) in [5.74, 6) is -0.475. The van der Waals surface area contributed by atoms with Gasteiger partial charge in [-0.05, 0) is 24.3 Å². The van der Waals surface area contributed by atoms with Gasteiger partial charge in [0.05, 0.1) is 12.0 Å². The number of nitrogens with two attached hydrogens (primary N) is 1. The van der Waals surface area contributed by atoms with Crippen LogP contribution in [0.1, 0.15) is 24.8 Å². The van der Waals surface area contributed by atoms with Gasteiger partial charge in [0.15, 0.2) is 0 Å². The SMILES string of the molecule is NC(Cc1ccccc1)C(=O)N[C@@H](CC1CC1)B(O)O. The molecule has 1 aromatic rings. The Hall–Kier alpha value is -1.37. The molecule has 5 nitrogen and oxygen atoms in total. The van der Waals surface area contributed by atoms with Crippen LogP contribution in [-0.2, 0) is 11.2 Å². The molecule has 2 rings (SSSR count). The number of benzene rings is 1. The summed E-state index contributed by atoms with van der Waals surface area (Å²) in [6, 6.07) is 8.84. The van der Waals surface area contributed by atoms with Gasteiger partial charge in [0.25, 0.3) is 0 Å². The fourth-order valence-electron chi connectivity index (χ4n) is 2.22. The average Bonchev–Trinajstić information content (AvgIpc) is 3.22. The lowest BCUT2D eigenvalue weighted by Crippen LogP contribution is -2.52. The molecule has 0 radical (unpaired) electrons. The summed E-state index contributed by atoms with van der Waals surface area (Å²) >= 11 is 0. The van der Waals surface area contributed by atoms with Crippen molar-refractivity contribution in [1.29, 1.82) is 0 Å². The van der Waals surface area contributed by atoms with Gasteiger partial charge in [-0.3, -0.25) is 4.79 Å². The summed E-state index contributed by atoms with van der Waals surface area (Å²) in [7, 11) is -1.54. The molecule has 0 spiro atoms. The summed E-state index contributed by atoms with van der Waals surface area (Å²) in [4.78, 5) is 12.0. The smallest absolute Gasteiger partial charge is 0.426 e. The average molecular weight is 276 g/mol. The van der Waals surface area contributed by atoms with E-state index in [4.69, 9.17) is 5.73 Å². The van der Waals surface area contributed by atoms with Crippen molar-refractivity contribution in [2.45, 2.75) is 37.7 Å². The minimum absolute atomic E-state index is 0.340. The Morgan fingerprint density at radius 2 is 2.00 bits per heavy atom. The van der Waals surface area contributed by atoms with Crippen LogP contribution in [0.4, 0.5) is 0 Å². The molecule has 6 heteroatoms. The first kappa shape index (κ1) is 15.0. The second-order valence-corrected chi connectivity index (χ2v) is 5.50. The van der Waals surface area contributed by atoms with Gasteiger partial charge in [0, 0.05) is 0 Å². The molecule has 1 aromatic carbocycles. The third kappa shape index (κ3) is 4.63. The van der Waals surface area contributed by atoms with Gasteiger partial charge in [-0.25, -0.2) is 0 Å². The van der Waals surface area contributed by atoms with Crippen LogP contribution in [-0.4, -0.2) is 35.1 Å². The predicted molar refractivity (Wildman–Crippen MR) is 77.6 cm³/mol. The van der Waals surface area contributed by atoms with Crippen LogP contribution in [0.15, 0.2) is 30.3 Å². The number of hydrogen-bond donors (Lipinski definition) is 4. The number of hydrogen-bond acceptors (Lipinski definition) is 4. The second kappa shape index (κ2) is 6.88. The van der Waals surface area contributed by atoms with E-state index in [0.717, 1.165) is 18.4 Å². The van der Waals surface area contributed by atoms with E-state index in [-0.39, 0.29) is 5.91 Å². The van der Waals surface area contributed by atoms with E-state index >= 15 is 0 Å². The third-order valence-electron chi connectivity index (χ3n) is 3.61. The number of nitrogens with one attached hydrogen (secondary N) is 1. The molecule has 1 saturated carbocycles. The van der Waals surface area contributed by atoms with Gasteiger partial charge in [-0.15, -0.1) is 0 Å². The molecule has 2 atom stereocenters. The summed E-state index contributed by atoms with van der Waals surface area (Å²) in [6.07, 6.45) is 3.22. The molecule has 1 fully saturated rings. The molecular formula is C14H21BN2O3. The molecular weight excluding hydrogens is 255 g/mol. The molecule has 108 valence electrons. The number of carbonyl (C=O) groups is 1. The highest BCUT2D eigenvalue weighted by molar-refractivity contribution is 6.43. The molecule has 1 aliphatic rings. The number of rotatable bonds is 7. The fraction of sp³-hybridized carbons (Fsp3) is 0.500. The van der Waals surface area contributed by atoms with Crippen LogP contribution in [0.5, 0.6) is 0 Å². The first-order valence-corrected chi connectivity index (χ1v) is 7.02. The van der Waals surface area contributed by atoms with Crippen molar-refractivity contribution in [3.63, 3.8) is 0 Å². The van der Waals surface area contributed by atoms with Gasteiger partial charge < -0.3 is 21.1 Å². The molecule has 1 amide bonds. The standard InChI is InChI=1S/C14H21BN2O3/c16-12(8-10-4-2-1-3-5-10)14(18)17-13(15(19)20)9-11-6-7-11/h1-5,11-13,19-20H,6-9,16H2,(H,17,18)/t12?,13-/m0/s1. The highest BCUT2D eigenvalue weighted by Crippen LogP contribution is 2.33. The van der Waals surface area contributed by atoms with E-state index in [1.54, 1.807) is 0 Å². The lowest BCUT2D eigenvalue weighted by Gasteiger charge is -2.20. The molecule has 0 aromatic heterocycles. The molecule has 0 aliphatic heterocycles. The van der Waals surface area contributed by atoms with Gasteiger partial charge >= 0.3 is 7.12 Å². The van der Waals surface area contributed by atoms with Crippen molar-refractivity contribution in [1.82, 2.24) is 5.32 Å². The van der Waals surface area contributed by atoms with E-state index < -0.39 is 19.1 Å². The Kier molecular flexibility index (Phi) is 5.17. The lowest BCUT2D eigenvalue weighted by atomic mass is 9.76. The Morgan fingerprint density at radius 1 is 1.35 bits per heavy atom. The van der Waals surface area contributed by atoms with Crippen LogP contribution < -0.4 is 11.1 Å². The molecule has 0 bridgehead atoms. The Labute approximate surface area is 119 Å². The van der Waals surface area contributed by atoms with E-state index in [1.165, 1.54) is 0 Å². The molecule has 0 heterocycles. The maximum absolute atomic E-state index is 12.0. The van der Waals surface area contributed by atoms with E-state index in [9.17, 15) is 14.8 Å². The zero-order valence-electron chi connectivity index (χ0n) is 11.4. The van der Waals surface area contributed by atoms with Crippen LogP contribution in [0.2, 0.25) is 0 Å². The second-order valence-electron chi connectivity index (χ2n) is 5.50. The summed E-state index contributed by atoms with van der Waals surface area (Å²) in [5, 5.41) is 21.3. The van der Waals surface area contributed by atoms with Crippen molar-refractivity contribution >= 4 is 13.0 Å². The minimum atomic E-state index is -1.54. The van der Waals surface area contributed by atoms with E-state index in [0.29, 0.717) is 18.8 Å². The largest absolute Gasteiger partial charge is 0.475 e. The lowest BCUT2D eigenvalue weighted by molar-refractivity contribution is -0.122. The Bertz CT molecular complexity index is 437. The normalized spacial score (nSPS) is 17.4. The van der Waals surface area contributed by atoms with Gasteiger partial charge in [-0.2, -0.15) is 0 Å². The molecule has 0 saturated heterocycles. The Morgan fingerprint density at radius 3 is 2.55 bits per heavy atom. The van der Waals surface area contributed by atoms with Crippen LogP contribution in [0.3, 0.4) is 0 Å². The maximum atomic E-state index is 12.0. The van der Waals surface area contributed by atoms with Gasteiger partial charge in [0.1, 0.15) is 0 Å². The molecule has 1 unspecified atom stereocenters. The molecule has 5 N–H and O–H groups in total. The van der Waals surface area contributed by atoms with Crippen LogP contribution >= 0.6 is 0 Å². The monoisotopic (exact) mass is 276 g/mol. The minimum Gasteiger partial charge on any atom is -0.426 e. The van der Waals surface area contributed by atoms with E-state index in [2.05, 4.69) is 5.32 Å². The quantitative estimate of drug-likeness (QED) is 0.521. The van der Waals surface area contributed by atoms with Gasteiger partial charge in [0.2, 0.25) is 5.91 Å². The molecule has 20 heavy (non-hydrogen) atoms. The first-order chi connectivity index (χ1) is 9.56. The number of carbonyl (C=O) groups excluding carboxylic acids is 1.